The number of aromatic nitrogens is 1. The molecule has 0 bridgehead atoms. The zero-order valence-electron chi connectivity index (χ0n) is 13.1. The molecule has 0 radical (unpaired) electrons. The zero-order valence-corrected chi connectivity index (χ0v) is 13.1. The minimum absolute atomic E-state index is 0.0381. The van der Waals surface area contributed by atoms with Crippen LogP contribution >= 0.6 is 0 Å². The molecule has 0 atom stereocenters. The summed E-state index contributed by atoms with van der Waals surface area (Å²) in [5, 5.41) is 0. The number of rotatable bonds is 5. The van der Waals surface area contributed by atoms with Crippen molar-refractivity contribution in [3.8, 4) is 0 Å². The van der Waals surface area contributed by atoms with E-state index in [1.807, 2.05) is 11.8 Å². The first kappa shape index (κ1) is 15.9. The smallest absolute Gasteiger partial charge is 0.261 e. The molecule has 2 aliphatic heterocycles. The summed E-state index contributed by atoms with van der Waals surface area (Å²) in [6.45, 7) is 4.20. The SMILES string of the molecule is CC1=C(c2ncco2)N=C(N)CN1CCCN1CCC(F)(F)C1. The minimum Gasteiger partial charge on any atom is -0.443 e. The molecule has 0 aromatic carbocycles. The van der Waals surface area contributed by atoms with Crippen molar-refractivity contribution < 1.29 is 13.2 Å². The van der Waals surface area contributed by atoms with Gasteiger partial charge in [0.05, 0.1) is 19.3 Å². The number of halogens is 2. The van der Waals surface area contributed by atoms with Gasteiger partial charge in [-0.05, 0) is 13.3 Å². The van der Waals surface area contributed by atoms with Crippen LogP contribution in [0.15, 0.2) is 27.6 Å². The number of hydrogen-bond donors (Lipinski definition) is 1. The highest BCUT2D eigenvalue weighted by Gasteiger charge is 2.37. The summed E-state index contributed by atoms with van der Waals surface area (Å²) in [5.74, 6) is -1.60. The topological polar surface area (TPSA) is 70.9 Å². The van der Waals surface area contributed by atoms with Crippen LogP contribution in [0.25, 0.3) is 5.70 Å². The lowest BCUT2D eigenvalue weighted by molar-refractivity contribution is 0.0120. The summed E-state index contributed by atoms with van der Waals surface area (Å²) >= 11 is 0. The van der Waals surface area contributed by atoms with Crippen molar-refractivity contribution in [2.75, 3.05) is 32.7 Å². The van der Waals surface area contributed by atoms with E-state index in [9.17, 15) is 8.78 Å². The van der Waals surface area contributed by atoms with Crippen LogP contribution < -0.4 is 5.73 Å². The molecule has 6 nitrogen and oxygen atoms in total. The summed E-state index contributed by atoms with van der Waals surface area (Å²) in [6.07, 6.45) is 3.81. The molecule has 126 valence electrons. The van der Waals surface area contributed by atoms with Crippen LogP contribution in [0.4, 0.5) is 8.78 Å². The Hall–Kier alpha value is -1.96. The van der Waals surface area contributed by atoms with E-state index in [0.29, 0.717) is 37.1 Å². The fraction of sp³-hybridized carbons (Fsp3) is 0.600. The van der Waals surface area contributed by atoms with Gasteiger partial charge in [-0.1, -0.05) is 0 Å². The number of nitrogens with two attached hydrogens (primary N) is 1. The Bertz CT molecular complexity index is 611. The molecule has 2 N–H and O–H groups in total. The number of amidine groups is 1. The highest BCUT2D eigenvalue weighted by molar-refractivity contribution is 5.90. The number of oxazole rings is 1. The average Bonchev–Trinajstić information content (AvgIpc) is 3.12. The summed E-state index contributed by atoms with van der Waals surface area (Å²) in [4.78, 5) is 12.3. The summed E-state index contributed by atoms with van der Waals surface area (Å²) < 4.78 is 31.7. The number of alkyl halides is 2. The van der Waals surface area contributed by atoms with Gasteiger partial charge >= 0.3 is 0 Å². The molecule has 3 rings (SSSR count). The number of aliphatic imine (C=N–C) groups is 1. The van der Waals surface area contributed by atoms with Crippen molar-refractivity contribution in [3.63, 3.8) is 0 Å². The first-order valence-corrected chi connectivity index (χ1v) is 7.73. The van der Waals surface area contributed by atoms with Crippen molar-refractivity contribution in [2.24, 2.45) is 10.7 Å². The van der Waals surface area contributed by atoms with E-state index in [4.69, 9.17) is 10.2 Å². The first-order valence-electron chi connectivity index (χ1n) is 7.73. The molecule has 3 heterocycles. The molecule has 2 aliphatic rings. The molecule has 23 heavy (non-hydrogen) atoms. The normalized spacial score (nSPS) is 21.9. The van der Waals surface area contributed by atoms with Gasteiger partial charge < -0.3 is 15.1 Å². The quantitative estimate of drug-likeness (QED) is 0.893. The van der Waals surface area contributed by atoms with E-state index in [0.717, 1.165) is 18.7 Å². The Labute approximate surface area is 133 Å². The van der Waals surface area contributed by atoms with Crippen LogP contribution in [-0.4, -0.2) is 59.3 Å². The van der Waals surface area contributed by atoms with Crippen LogP contribution in [-0.2, 0) is 0 Å². The molecule has 1 aromatic rings. The van der Waals surface area contributed by atoms with E-state index in [2.05, 4.69) is 14.9 Å². The highest BCUT2D eigenvalue weighted by Crippen LogP contribution is 2.27. The van der Waals surface area contributed by atoms with Crippen LogP contribution in [0.2, 0.25) is 0 Å². The average molecular weight is 325 g/mol. The van der Waals surface area contributed by atoms with Gasteiger partial charge in [0.25, 0.3) is 5.92 Å². The number of likely N-dealkylation sites (tertiary alicyclic amines) is 1. The molecular formula is C15H21F2N5O. The fourth-order valence-corrected chi connectivity index (χ4v) is 3.00. The van der Waals surface area contributed by atoms with E-state index in [1.54, 1.807) is 6.20 Å². The summed E-state index contributed by atoms with van der Waals surface area (Å²) in [6, 6.07) is 0. The molecule has 8 heteroatoms. The molecule has 0 aliphatic carbocycles. The third-order valence-corrected chi connectivity index (χ3v) is 4.21. The molecule has 0 spiro atoms. The molecule has 0 unspecified atom stereocenters. The highest BCUT2D eigenvalue weighted by atomic mass is 19.3. The van der Waals surface area contributed by atoms with Gasteiger partial charge in [0.1, 0.15) is 17.8 Å². The third-order valence-electron chi connectivity index (χ3n) is 4.21. The monoisotopic (exact) mass is 325 g/mol. The van der Waals surface area contributed by atoms with Gasteiger partial charge in [0, 0.05) is 31.8 Å². The second kappa shape index (κ2) is 6.27. The van der Waals surface area contributed by atoms with Gasteiger partial charge in [-0.2, -0.15) is 0 Å². The number of hydrogen-bond acceptors (Lipinski definition) is 6. The molecule has 1 fully saturated rings. The van der Waals surface area contributed by atoms with Crippen LogP contribution in [0, 0.1) is 0 Å². The van der Waals surface area contributed by atoms with Crippen molar-refractivity contribution >= 4 is 11.5 Å². The molecule has 1 aromatic heterocycles. The van der Waals surface area contributed by atoms with Gasteiger partial charge in [-0.3, -0.25) is 4.90 Å². The predicted molar refractivity (Wildman–Crippen MR) is 82.9 cm³/mol. The second-order valence-corrected chi connectivity index (χ2v) is 6.03. The maximum Gasteiger partial charge on any atom is 0.261 e. The molecule has 0 saturated carbocycles. The predicted octanol–water partition coefficient (Wildman–Crippen LogP) is 1.77. The Morgan fingerprint density at radius 1 is 1.39 bits per heavy atom. The molecule has 0 amide bonds. The van der Waals surface area contributed by atoms with Crippen molar-refractivity contribution in [3.05, 3.63) is 24.0 Å². The molecular weight excluding hydrogens is 304 g/mol. The lowest BCUT2D eigenvalue weighted by Gasteiger charge is -2.30. The van der Waals surface area contributed by atoms with Crippen LogP contribution in [0.3, 0.4) is 0 Å². The largest absolute Gasteiger partial charge is 0.443 e. The minimum atomic E-state index is -2.53. The van der Waals surface area contributed by atoms with Crippen molar-refractivity contribution in [1.29, 1.82) is 0 Å². The lowest BCUT2D eigenvalue weighted by Crippen LogP contribution is -2.38. The Balaban J connectivity index is 1.59. The van der Waals surface area contributed by atoms with Gasteiger partial charge in [-0.15, -0.1) is 0 Å². The Morgan fingerprint density at radius 2 is 2.22 bits per heavy atom. The first-order chi connectivity index (χ1) is 10.9. The Morgan fingerprint density at radius 3 is 2.87 bits per heavy atom. The van der Waals surface area contributed by atoms with Crippen LogP contribution in [0.1, 0.15) is 25.7 Å². The maximum atomic E-state index is 13.2. The van der Waals surface area contributed by atoms with Gasteiger partial charge in [0.2, 0.25) is 5.89 Å². The number of nitrogens with zero attached hydrogens (tertiary/aromatic N) is 4. The van der Waals surface area contributed by atoms with E-state index < -0.39 is 5.92 Å². The maximum absolute atomic E-state index is 13.2. The second-order valence-electron chi connectivity index (χ2n) is 6.03. The van der Waals surface area contributed by atoms with E-state index in [1.165, 1.54) is 6.26 Å². The third kappa shape index (κ3) is 3.69. The van der Waals surface area contributed by atoms with E-state index in [-0.39, 0.29) is 13.0 Å². The number of allylic oxidation sites excluding steroid dienone is 1. The standard InChI is InChI=1S/C15H21F2N5O/c1-11-13(14-19-4-8-23-14)20-12(18)9-22(11)6-2-5-21-7-3-15(16,17)10-21/h4,8H,2-3,5-7,9-10H2,1H3,(H2,18,20). The summed E-state index contributed by atoms with van der Waals surface area (Å²) in [5.41, 5.74) is 7.48. The fourth-order valence-electron chi connectivity index (χ4n) is 3.00. The Kier molecular flexibility index (Phi) is 4.34. The lowest BCUT2D eigenvalue weighted by atomic mass is 10.2. The molecule has 1 saturated heterocycles. The van der Waals surface area contributed by atoms with Gasteiger partial charge in [-0.25, -0.2) is 18.8 Å². The zero-order chi connectivity index (χ0) is 16.4. The van der Waals surface area contributed by atoms with Crippen LogP contribution in [0.5, 0.6) is 0 Å². The van der Waals surface area contributed by atoms with Crippen molar-refractivity contribution in [1.82, 2.24) is 14.8 Å². The van der Waals surface area contributed by atoms with E-state index >= 15 is 0 Å². The van der Waals surface area contributed by atoms with Crippen molar-refractivity contribution in [2.45, 2.75) is 25.7 Å². The van der Waals surface area contributed by atoms with Gasteiger partial charge in [0.15, 0.2) is 0 Å². The summed E-state index contributed by atoms with van der Waals surface area (Å²) in [7, 11) is 0.